The van der Waals surface area contributed by atoms with Gasteiger partial charge in [-0.2, -0.15) is 0 Å². The molecule has 0 bridgehead atoms. The highest BCUT2D eigenvalue weighted by molar-refractivity contribution is 6.01. The zero-order valence-corrected chi connectivity index (χ0v) is 17.2. The number of H-pyrrole nitrogens is 1. The van der Waals surface area contributed by atoms with Gasteiger partial charge in [0.1, 0.15) is 11.5 Å². The van der Waals surface area contributed by atoms with E-state index >= 15 is 0 Å². The quantitative estimate of drug-likeness (QED) is 0.452. The number of esters is 1. The molecule has 0 aliphatic rings. The molecule has 0 saturated heterocycles. The number of rotatable bonds is 8. The molecule has 2 aromatic heterocycles. The molecule has 0 aliphatic heterocycles. The van der Waals surface area contributed by atoms with E-state index < -0.39 is 12.6 Å². The van der Waals surface area contributed by atoms with Crippen molar-refractivity contribution >= 4 is 17.7 Å². The fourth-order valence-corrected chi connectivity index (χ4v) is 3.40. The van der Waals surface area contributed by atoms with Gasteiger partial charge in [-0.3, -0.25) is 9.59 Å². The Balaban J connectivity index is 1.70. The molecule has 0 unspecified atom stereocenters. The number of hydrogen-bond acceptors (Lipinski definition) is 5. The predicted octanol–water partition coefficient (Wildman–Crippen LogP) is 3.81. The molecule has 1 aromatic carbocycles. The molecule has 7 heteroatoms. The number of Topliss-reactive ketones (excluding diaryl/α,β-unsaturated/α-hetero) is 1. The molecule has 30 heavy (non-hydrogen) atoms. The van der Waals surface area contributed by atoms with Gasteiger partial charge in [0, 0.05) is 17.8 Å². The van der Waals surface area contributed by atoms with E-state index in [0.717, 1.165) is 5.56 Å². The number of aromatic amines is 1. The van der Waals surface area contributed by atoms with E-state index in [1.165, 1.54) is 6.92 Å². The van der Waals surface area contributed by atoms with Crippen LogP contribution >= 0.6 is 0 Å². The summed E-state index contributed by atoms with van der Waals surface area (Å²) in [6, 6.07) is 13.1. The molecular formula is C23H24N2O5. The summed E-state index contributed by atoms with van der Waals surface area (Å²) >= 11 is 0. The van der Waals surface area contributed by atoms with Crippen LogP contribution in [0.25, 0.3) is 0 Å². The average molecular weight is 408 g/mol. The van der Waals surface area contributed by atoms with Crippen molar-refractivity contribution in [2.24, 2.45) is 0 Å². The Morgan fingerprint density at radius 2 is 1.77 bits per heavy atom. The van der Waals surface area contributed by atoms with Crippen molar-refractivity contribution in [3.8, 4) is 0 Å². The monoisotopic (exact) mass is 408 g/mol. The molecule has 1 N–H and O–H groups in total. The number of aryl methyl sites for hydroxylation is 1. The molecule has 3 aromatic rings. The standard InChI is InChI=1S/C23H24N2O5/c1-15-21(17(3)26)16(2)24-22(15)23(28)30-14-20(27)25(13-19-10-7-11-29-19)12-18-8-5-4-6-9-18/h4-11,24H,12-14H2,1-3H3. The number of ketones is 1. The van der Waals surface area contributed by atoms with Gasteiger partial charge in [0.15, 0.2) is 12.4 Å². The Labute approximate surface area is 174 Å². The van der Waals surface area contributed by atoms with Crippen LogP contribution in [0.2, 0.25) is 0 Å². The van der Waals surface area contributed by atoms with Gasteiger partial charge in [-0.1, -0.05) is 30.3 Å². The second kappa shape index (κ2) is 9.26. The number of benzene rings is 1. The summed E-state index contributed by atoms with van der Waals surface area (Å²) in [7, 11) is 0. The summed E-state index contributed by atoms with van der Waals surface area (Å²) in [5.74, 6) is -0.526. The average Bonchev–Trinajstić information content (AvgIpc) is 3.33. The molecule has 1 amide bonds. The number of carbonyl (C=O) groups is 3. The lowest BCUT2D eigenvalue weighted by atomic mass is 10.1. The molecule has 0 spiro atoms. The first kappa shape index (κ1) is 21.1. The summed E-state index contributed by atoms with van der Waals surface area (Å²) in [4.78, 5) is 41.5. The van der Waals surface area contributed by atoms with E-state index in [4.69, 9.17) is 9.15 Å². The van der Waals surface area contributed by atoms with Gasteiger partial charge in [0.2, 0.25) is 0 Å². The van der Waals surface area contributed by atoms with E-state index in [1.807, 2.05) is 30.3 Å². The van der Waals surface area contributed by atoms with E-state index in [0.29, 0.717) is 29.1 Å². The molecule has 7 nitrogen and oxygen atoms in total. The molecule has 2 heterocycles. The van der Waals surface area contributed by atoms with Crippen LogP contribution in [0.1, 0.15) is 50.4 Å². The number of amides is 1. The number of nitrogens with zero attached hydrogens (tertiary/aromatic N) is 1. The van der Waals surface area contributed by atoms with Crippen LogP contribution in [0.5, 0.6) is 0 Å². The molecule has 3 rings (SSSR count). The van der Waals surface area contributed by atoms with Crippen LogP contribution in [-0.4, -0.2) is 34.2 Å². The molecule has 0 saturated carbocycles. The van der Waals surface area contributed by atoms with Crippen molar-refractivity contribution in [1.29, 1.82) is 0 Å². The number of furan rings is 1. The van der Waals surface area contributed by atoms with E-state index in [9.17, 15) is 14.4 Å². The molecule has 0 aliphatic carbocycles. The Bertz CT molecular complexity index is 1040. The maximum atomic E-state index is 12.8. The molecule has 0 fully saturated rings. The largest absolute Gasteiger partial charge is 0.467 e. The number of carbonyl (C=O) groups excluding carboxylic acids is 3. The minimum absolute atomic E-state index is 0.135. The van der Waals surface area contributed by atoms with E-state index in [2.05, 4.69) is 4.98 Å². The highest BCUT2D eigenvalue weighted by atomic mass is 16.5. The van der Waals surface area contributed by atoms with Crippen molar-refractivity contribution < 1.29 is 23.5 Å². The van der Waals surface area contributed by atoms with Crippen LogP contribution in [-0.2, 0) is 22.6 Å². The topological polar surface area (TPSA) is 92.6 Å². The second-order valence-electron chi connectivity index (χ2n) is 7.07. The first-order chi connectivity index (χ1) is 14.4. The Kier molecular flexibility index (Phi) is 6.51. The van der Waals surface area contributed by atoms with Gasteiger partial charge in [-0.25, -0.2) is 4.79 Å². The van der Waals surface area contributed by atoms with Crippen LogP contribution in [0.3, 0.4) is 0 Å². The maximum absolute atomic E-state index is 12.8. The molecule has 156 valence electrons. The lowest BCUT2D eigenvalue weighted by Gasteiger charge is -2.21. The third-order valence-corrected chi connectivity index (χ3v) is 4.82. The number of aromatic nitrogens is 1. The minimum Gasteiger partial charge on any atom is -0.467 e. The van der Waals surface area contributed by atoms with E-state index in [1.54, 1.807) is 37.1 Å². The van der Waals surface area contributed by atoms with Crippen LogP contribution in [0.15, 0.2) is 53.1 Å². The summed E-state index contributed by atoms with van der Waals surface area (Å²) in [6.07, 6.45) is 1.55. The first-order valence-corrected chi connectivity index (χ1v) is 9.58. The van der Waals surface area contributed by atoms with Gasteiger partial charge in [-0.15, -0.1) is 0 Å². The summed E-state index contributed by atoms with van der Waals surface area (Å²) in [6.45, 7) is 5.03. The third-order valence-electron chi connectivity index (χ3n) is 4.82. The van der Waals surface area contributed by atoms with Gasteiger partial charge < -0.3 is 19.0 Å². The smallest absolute Gasteiger partial charge is 0.355 e. The SMILES string of the molecule is CC(=O)c1c(C)[nH]c(C(=O)OCC(=O)N(Cc2ccccc2)Cc2ccco2)c1C. The van der Waals surface area contributed by atoms with Crippen LogP contribution in [0, 0.1) is 13.8 Å². The number of nitrogens with one attached hydrogen (secondary N) is 1. The molecule has 0 atom stereocenters. The Morgan fingerprint density at radius 3 is 2.37 bits per heavy atom. The lowest BCUT2D eigenvalue weighted by molar-refractivity contribution is -0.136. The van der Waals surface area contributed by atoms with Gasteiger partial charge in [-0.05, 0) is 44.0 Å². The predicted molar refractivity (Wildman–Crippen MR) is 110 cm³/mol. The highest BCUT2D eigenvalue weighted by Crippen LogP contribution is 2.19. The highest BCUT2D eigenvalue weighted by Gasteiger charge is 2.23. The van der Waals surface area contributed by atoms with Crippen molar-refractivity contribution in [2.75, 3.05) is 6.61 Å². The van der Waals surface area contributed by atoms with Gasteiger partial charge >= 0.3 is 5.97 Å². The molecule has 0 radical (unpaired) electrons. The summed E-state index contributed by atoms with van der Waals surface area (Å²) < 4.78 is 10.6. The van der Waals surface area contributed by atoms with Crippen molar-refractivity contribution in [2.45, 2.75) is 33.9 Å². The maximum Gasteiger partial charge on any atom is 0.355 e. The van der Waals surface area contributed by atoms with Gasteiger partial charge in [0.25, 0.3) is 5.91 Å². The minimum atomic E-state index is -0.672. The van der Waals surface area contributed by atoms with Crippen LogP contribution < -0.4 is 0 Å². The normalized spacial score (nSPS) is 10.6. The Morgan fingerprint density at radius 1 is 1.03 bits per heavy atom. The fourth-order valence-electron chi connectivity index (χ4n) is 3.40. The number of ether oxygens (including phenoxy) is 1. The van der Waals surface area contributed by atoms with Crippen LogP contribution in [0.4, 0.5) is 0 Å². The lowest BCUT2D eigenvalue weighted by Crippen LogP contribution is -2.33. The van der Waals surface area contributed by atoms with E-state index in [-0.39, 0.29) is 23.9 Å². The molecular weight excluding hydrogens is 384 g/mol. The summed E-state index contributed by atoms with van der Waals surface area (Å²) in [5, 5.41) is 0. The first-order valence-electron chi connectivity index (χ1n) is 9.58. The fraction of sp³-hybridized carbons (Fsp3) is 0.261. The zero-order chi connectivity index (χ0) is 21.7. The summed E-state index contributed by atoms with van der Waals surface area (Å²) in [5.41, 5.74) is 2.73. The van der Waals surface area contributed by atoms with Crippen molar-refractivity contribution in [3.05, 3.63) is 82.6 Å². The second-order valence-corrected chi connectivity index (χ2v) is 7.07. The third kappa shape index (κ3) is 4.86. The van der Waals surface area contributed by atoms with Crippen molar-refractivity contribution in [3.63, 3.8) is 0 Å². The number of hydrogen-bond donors (Lipinski definition) is 1. The zero-order valence-electron chi connectivity index (χ0n) is 17.2. The van der Waals surface area contributed by atoms with Gasteiger partial charge in [0.05, 0.1) is 12.8 Å². The Hall–Kier alpha value is -3.61. The van der Waals surface area contributed by atoms with Crippen molar-refractivity contribution in [1.82, 2.24) is 9.88 Å².